The van der Waals surface area contributed by atoms with E-state index in [2.05, 4.69) is 11.8 Å². The minimum absolute atomic E-state index is 0.159. The van der Waals surface area contributed by atoms with Crippen molar-refractivity contribution in [2.24, 2.45) is 11.3 Å². The number of halogens is 2. The Morgan fingerprint density at radius 3 is 2.88 bits per heavy atom. The summed E-state index contributed by atoms with van der Waals surface area (Å²) in [6.45, 7) is 7.47. The highest BCUT2D eigenvalue weighted by Gasteiger charge is 2.45. The van der Waals surface area contributed by atoms with E-state index in [0.717, 1.165) is 38.5 Å². The molecule has 0 saturated carbocycles. The molecular weight excluding hydrogens is 373 g/mol. The van der Waals surface area contributed by atoms with Gasteiger partial charge < -0.3 is 9.64 Å². The number of aromatic nitrogens is 2. The molecule has 5 nitrogen and oxygen atoms in total. The van der Waals surface area contributed by atoms with Crippen molar-refractivity contribution in [2.75, 3.05) is 31.2 Å². The molecule has 2 aliphatic heterocycles. The quantitative estimate of drug-likeness (QED) is 0.779. The smallest absolute Gasteiger partial charge is 0.260 e. The lowest BCUT2D eigenvalue weighted by atomic mass is 9.76. The summed E-state index contributed by atoms with van der Waals surface area (Å²) in [6.07, 6.45) is 1.04. The Labute approximate surface area is 162 Å². The van der Waals surface area contributed by atoms with E-state index in [-0.39, 0.29) is 11.0 Å². The lowest BCUT2D eigenvalue weighted by Crippen LogP contribution is -2.35. The van der Waals surface area contributed by atoms with Crippen molar-refractivity contribution >= 4 is 29.0 Å². The normalized spacial score (nSPS) is 25.4. The zero-order chi connectivity index (χ0) is 18.5. The van der Waals surface area contributed by atoms with E-state index in [4.69, 9.17) is 32.9 Å². The molecule has 0 radical (unpaired) electrons. The number of hydrogen-bond acceptors (Lipinski definition) is 4. The van der Waals surface area contributed by atoms with Crippen molar-refractivity contribution in [3.8, 4) is 5.69 Å². The molecule has 0 bridgehead atoms. The second-order valence-electron chi connectivity index (χ2n) is 7.46. The number of anilines is 1. The lowest BCUT2D eigenvalue weighted by molar-refractivity contribution is -0.00558. The summed E-state index contributed by atoms with van der Waals surface area (Å²) < 4.78 is 7.15. The van der Waals surface area contributed by atoms with Crippen LogP contribution in [0, 0.1) is 18.3 Å². The molecule has 0 amide bonds. The van der Waals surface area contributed by atoms with Crippen LogP contribution in [-0.4, -0.2) is 35.9 Å². The Balaban J connectivity index is 1.71. The van der Waals surface area contributed by atoms with E-state index in [0.29, 0.717) is 27.5 Å². The monoisotopic (exact) mass is 393 g/mol. The molecule has 2 saturated heterocycles. The first kappa shape index (κ1) is 17.8. The first-order chi connectivity index (χ1) is 12.4. The second kappa shape index (κ2) is 6.55. The number of nitrogens with zero attached hydrogens (tertiary/aromatic N) is 3. The maximum Gasteiger partial charge on any atom is 0.260 e. The van der Waals surface area contributed by atoms with Gasteiger partial charge in [0.05, 0.1) is 22.3 Å². The minimum atomic E-state index is -0.159. The third kappa shape index (κ3) is 2.92. The van der Waals surface area contributed by atoms with Gasteiger partial charge in [0.25, 0.3) is 5.56 Å². The third-order valence-electron chi connectivity index (χ3n) is 5.68. The number of ether oxygens (including phenoxy) is 1. The Morgan fingerprint density at radius 1 is 1.35 bits per heavy atom. The van der Waals surface area contributed by atoms with Crippen molar-refractivity contribution in [3.63, 3.8) is 0 Å². The zero-order valence-corrected chi connectivity index (χ0v) is 16.3. The van der Waals surface area contributed by atoms with E-state index < -0.39 is 0 Å². The molecule has 7 heteroatoms. The number of hydrogen-bond donors (Lipinski definition) is 0. The molecule has 3 heterocycles. The zero-order valence-electron chi connectivity index (χ0n) is 14.8. The fourth-order valence-corrected chi connectivity index (χ4v) is 4.44. The maximum atomic E-state index is 12.8. The summed E-state index contributed by atoms with van der Waals surface area (Å²) in [4.78, 5) is 19.8. The van der Waals surface area contributed by atoms with Crippen molar-refractivity contribution in [1.82, 2.24) is 9.55 Å². The molecule has 2 atom stereocenters. The van der Waals surface area contributed by atoms with Crippen molar-refractivity contribution in [1.29, 1.82) is 0 Å². The molecule has 0 spiro atoms. The molecule has 1 aromatic heterocycles. The van der Waals surface area contributed by atoms with Gasteiger partial charge in [0.1, 0.15) is 11.6 Å². The number of rotatable bonds is 2. The lowest BCUT2D eigenvalue weighted by Gasteiger charge is -2.34. The van der Waals surface area contributed by atoms with Crippen LogP contribution in [0.25, 0.3) is 5.69 Å². The molecule has 0 aliphatic carbocycles. The summed E-state index contributed by atoms with van der Waals surface area (Å²) >= 11 is 12.4. The molecule has 2 aliphatic rings. The fraction of sp³-hybridized carbons (Fsp3) is 0.474. The molecule has 4 rings (SSSR count). The predicted octanol–water partition coefficient (Wildman–Crippen LogP) is 3.71. The summed E-state index contributed by atoms with van der Waals surface area (Å²) in [5.41, 5.74) is 0.614. The van der Waals surface area contributed by atoms with E-state index in [9.17, 15) is 4.79 Å². The molecule has 1 aromatic carbocycles. The van der Waals surface area contributed by atoms with Gasteiger partial charge in [-0.25, -0.2) is 4.98 Å². The molecular formula is C19H21Cl2N3O2. The SMILES string of the molecule is Cc1nc(N2C[C@H]3COCC[C@@]3(C)C2)cc(=O)n1-c1cccc(Cl)c1Cl. The average molecular weight is 394 g/mol. The van der Waals surface area contributed by atoms with Crippen molar-refractivity contribution in [2.45, 2.75) is 20.3 Å². The Morgan fingerprint density at radius 2 is 2.15 bits per heavy atom. The van der Waals surface area contributed by atoms with E-state index >= 15 is 0 Å². The summed E-state index contributed by atoms with van der Waals surface area (Å²) in [6, 6.07) is 6.83. The van der Waals surface area contributed by atoms with Crippen molar-refractivity contribution < 1.29 is 4.74 Å². The highest BCUT2D eigenvalue weighted by Crippen LogP contribution is 2.42. The number of fused-ring (bicyclic) bond motifs is 1. The van der Waals surface area contributed by atoms with Gasteiger partial charge >= 0.3 is 0 Å². The first-order valence-electron chi connectivity index (χ1n) is 8.77. The molecule has 2 fully saturated rings. The van der Waals surface area contributed by atoms with Crippen LogP contribution in [0.15, 0.2) is 29.1 Å². The highest BCUT2D eigenvalue weighted by molar-refractivity contribution is 6.43. The standard InChI is InChI=1S/C19H21Cl2N3O2/c1-12-22-16(23-9-13-10-26-7-6-19(13,2)11-23)8-17(25)24(12)15-5-3-4-14(20)18(15)21/h3-5,8,13H,6-7,9-11H2,1-2H3/t13-,19-/m0/s1. The van der Waals surface area contributed by atoms with Gasteiger partial charge in [-0.15, -0.1) is 0 Å². The van der Waals surface area contributed by atoms with Gasteiger partial charge in [0.2, 0.25) is 0 Å². The number of aryl methyl sites for hydroxylation is 1. The minimum Gasteiger partial charge on any atom is -0.381 e. The molecule has 26 heavy (non-hydrogen) atoms. The maximum absolute atomic E-state index is 12.8. The Hall–Kier alpha value is -1.56. The van der Waals surface area contributed by atoms with Crippen LogP contribution in [0.1, 0.15) is 19.2 Å². The van der Waals surface area contributed by atoms with Crippen LogP contribution in [0.2, 0.25) is 10.0 Å². The fourth-order valence-electron chi connectivity index (χ4n) is 4.06. The van der Waals surface area contributed by atoms with Crippen LogP contribution in [0.4, 0.5) is 5.82 Å². The summed E-state index contributed by atoms with van der Waals surface area (Å²) in [5.74, 6) is 1.79. The van der Waals surface area contributed by atoms with Crippen LogP contribution in [-0.2, 0) is 4.74 Å². The average Bonchev–Trinajstić information content (AvgIpc) is 2.95. The van der Waals surface area contributed by atoms with Gasteiger partial charge in [0, 0.05) is 31.7 Å². The Bertz CT molecular complexity index is 914. The van der Waals surface area contributed by atoms with Crippen LogP contribution < -0.4 is 10.5 Å². The topological polar surface area (TPSA) is 47.4 Å². The molecule has 0 unspecified atom stereocenters. The Kier molecular flexibility index (Phi) is 4.49. The summed E-state index contributed by atoms with van der Waals surface area (Å²) in [5, 5.41) is 0.766. The van der Waals surface area contributed by atoms with E-state index in [1.807, 2.05) is 6.92 Å². The first-order valence-corrected chi connectivity index (χ1v) is 9.52. The third-order valence-corrected chi connectivity index (χ3v) is 6.49. The van der Waals surface area contributed by atoms with E-state index in [1.54, 1.807) is 24.3 Å². The number of benzene rings is 1. The van der Waals surface area contributed by atoms with Crippen LogP contribution in [0.5, 0.6) is 0 Å². The van der Waals surface area contributed by atoms with Gasteiger partial charge in [-0.05, 0) is 30.9 Å². The largest absolute Gasteiger partial charge is 0.381 e. The van der Waals surface area contributed by atoms with Gasteiger partial charge in [0.15, 0.2) is 0 Å². The van der Waals surface area contributed by atoms with Crippen LogP contribution >= 0.6 is 23.2 Å². The second-order valence-corrected chi connectivity index (χ2v) is 8.25. The van der Waals surface area contributed by atoms with Crippen LogP contribution in [0.3, 0.4) is 0 Å². The van der Waals surface area contributed by atoms with Gasteiger partial charge in [-0.3, -0.25) is 9.36 Å². The van der Waals surface area contributed by atoms with Gasteiger partial charge in [-0.1, -0.05) is 36.2 Å². The van der Waals surface area contributed by atoms with E-state index in [1.165, 1.54) is 4.57 Å². The van der Waals surface area contributed by atoms with Crippen molar-refractivity contribution in [3.05, 3.63) is 50.5 Å². The molecule has 2 aromatic rings. The molecule has 138 valence electrons. The van der Waals surface area contributed by atoms with Gasteiger partial charge in [-0.2, -0.15) is 0 Å². The molecule has 0 N–H and O–H groups in total. The summed E-state index contributed by atoms with van der Waals surface area (Å²) in [7, 11) is 0. The predicted molar refractivity (Wildman–Crippen MR) is 104 cm³/mol. The highest BCUT2D eigenvalue weighted by atomic mass is 35.5.